The number of aliphatic carboxylic acids is 1. The molecule has 0 aliphatic carbocycles. The topological polar surface area (TPSA) is 286 Å². The second-order valence-corrected chi connectivity index (χ2v) is 10.4. The van der Waals surface area contributed by atoms with Crippen molar-refractivity contribution in [2.24, 2.45) is 5.92 Å². The zero-order chi connectivity index (χ0) is 30.1. The van der Waals surface area contributed by atoms with E-state index < -0.39 is 130 Å². The van der Waals surface area contributed by atoms with Gasteiger partial charge in [0.05, 0.1) is 38.1 Å². The van der Waals surface area contributed by atoms with Crippen molar-refractivity contribution in [2.75, 3.05) is 19.8 Å². The van der Waals surface area contributed by atoms with Gasteiger partial charge < -0.3 is 79.9 Å². The molecule has 0 saturated carbocycles. The van der Waals surface area contributed by atoms with Gasteiger partial charge in [0.1, 0.15) is 61.0 Å². The van der Waals surface area contributed by atoms with Crippen molar-refractivity contribution in [3.8, 4) is 0 Å². The lowest BCUT2D eigenvalue weighted by molar-refractivity contribution is -0.383. The number of aliphatic hydroxyl groups excluding tert-OH is 10. The van der Waals surface area contributed by atoms with E-state index >= 15 is 0 Å². The molecule has 0 bridgehead atoms. The average molecular weight is 589 g/mol. The third-order valence-corrected chi connectivity index (χ3v) is 7.72. The van der Waals surface area contributed by atoms with Crippen molar-refractivity contribution in [1.29, 1.82) is 0 Å². The van der Waals surface area contributed by atoms with Gasteiger partial charge in [-0.25, -0.2) is 4.79 Å². The van der Waals surface area contributed by atoms with E-state index in [1.54, 1.807) is 0 Å². The van der Waals surface area contributed by atoms with Gasteiger partial charge in [-0.1, -0.05) is 6.92 Å². The summed E-state index contributed by atoms with van der Waals surface area (Å²) in [4.78, 5) is 12.4. The van der Waals surface area contributed by atoms with Crippen molar-refractivity contribution in [1.82, 2.24) is 0 Å². The van der Waals surface area contributed by atoms with E-state index in [4.69, 9.17) is 23.7 Å². The Morgan fingerprint density at radius 1 is 0.900 bits per heavy atom. The Morgan fingerprint density at radius 2 is 1.52 bits per heavy atom. The highest BCUT2D eigenvalue weighted by Crippen LogP contribution is 2.40. The highest BCUT2D eigenvalue weighted by Gasteiger charge is 2.59. The number of carbonyl (C=O) groups is 1. The Balaban J connectivity index is 1.90. The fraction of sp³-hybridized carbons (Fsp3) is 0.957. The summed E-state index contributed by atoms with van der Waals surface area (Å²) in [6.07, 6.45) is -23.5. The highest BCUT2D eigenvalue weighted by molar-refractivity contribution is 5.76. The molecule has 40 heavy (non-hydrogen) atoms. The first-order chi connectivity index (χ1) is 18.7. The van der Waals surface area contributed by atoms with Crippen LogP contribution in [0.4, 0.5) is 0 Å². The summed E-state index contributed by atoms with van der Waals surface area (Å²) < 4.78 is 27.6. The Labute approximate surface area is 228 Å². The molecule has 17 heteroatoms. The molecule has 0 amide bonds. The predicted octanol–water partition coefficient (Wildman–Crippen LogP) is -6.02. The van der Waals surface area contributed by atoms with Crippen LogP contribution in [0.5, 0.6) is 0 Å². The molecular formula is C23H40O17. The van der Waals surface area contributed by atoms with Crippen LogP contribution in [0, 0.1) is 5.92 Å². The first-order valence-electron chi connectivity index (χ1n) is 12.9. The number of carboxylic acids is 1. The summed E-state index contributed by atoms with van der Waals surface area (Å²) in [5, 5.41) is 112. The molecule has 3 rings (SSSR count). The minimum Gasteiger partial charge on any atom is -0.477 e. The average Bonchev–Trinajstić information content (AvgIpc) is 2.93. The summed E-state index contributed by atoms with van der Waals surface area (Å²) >= 11 is 0. The molecular weight excluding hydrogens is 548 g/mol. The van der Waals surface area contributed by atoms with Crippen LogP contribution in [0.3, 0.4) is 0 Å². The number of hydrogen-bond donors (Lipinski definition) is 11. The summed E-state index contributed by atoms with van der Waals surface area (Å²) in [6, 6.07) is 0. The molecule has 234 valence electrons. The summed E-state index contributed by atoms with van der Waals surface area (Å²) in [5.41, 5.74) is 0. The molecule has 0 radical (unpaired) electrons. The molecule has 3 heterocycles. The first kappa shape index (κ1) is 33.4. The second-order valence-electron chi connectivity index (χ2n) is 10.4. The van der Waals surface area contributed by atoms with Crippen molar-refractivity contribution in [2.45, 2.75) is 112 Å². The maximum Gasteiger partial charge on any atom is 0.364 e. The lowest BCUT2D eigenvalue weighted by Crippen LogP contribution is -2.68. The van der Waals surface area contributed by atoms with Crippen LogP contribution in [0.25, 0.3) is 0 Å². The van der Waals surface area contributed by atoms with Crippen LogP contribution < -0.4 is 0 Å². The zero-order valence-corrected chi connectivity index (χ0v) is 21.9. The zero-order valence-electron chi connectivity index (χ0n) is 21.9. The molecule has 0 aromatic rings. The van der Waals surface area contributed by atoms with Crippen LogP contribution >= 0.6 is 0 Å². The molecule has 0 spiro atoms. The van der Waals surface area contributed by atoms with E-state index in [0.717, 1.165) is 0 Å². The third-order valence-electron chi connectivity index (χ3n) is 7.72. The minimum atomic E-state index is -2.83. The maximum atomic E-state index is 12.4. The van der Waals surface area contributed by atoms with Gasteiger partial charge in [-0.3, -0.25) is 0 Å². The lowest BCUT2D eigenvalue weighted by atomic mass is 9.84. The number of carboxylic acid groups (broad SMARTS) is 1. The van der Waals surface area contributed by atoms with Crippen LogP contribution in [0.2, 0.25) is 0 Å². The second kappa shape index (κ2) is 13.4. The highest BCUT2D eigenvalue weighted by atomic mass is 16.8. The van der Waals surface area contributed by atoms with Gasteiger partial charge in [0, 0.05) is 12.3 Å². The first-order valence-corrected chi connectivity index (χ1v) is 12.9. The Kier molecular flexibility index (Phi) is 11.2. The molecule has 11 N–H and O–H groups in total. The van der Waals surface area contributed by atoms with Gasteiger partial charge in [-0.05, 0) is 6.92 Å². The molecule has 17 nitrogen and oxygen atoms in total. The van der Waals surface area contributed by atoms with E-state index in [-0.39, 0.29) is 0 Å². The standard InChI is InChI=1S/C23H40O17/c1-7-9(27)3-23(22(34)35,39-18(7)14(30)10(28)4-24)40-20-15(31)11(5-25)37-21(17(20)33)38-19-12(6-26)36-8(2)13(29)16(19)32/h7-21,24-33H,3-6H2,1-2H3,(H,34,35)/t7-,8+,9?,10-,11?,12+,13?,14-,15+,16?,17?,18-,19-,20+,21+,23?/m1/s1. The van der Waals surface area contributed by atoms with E-state index in [0.29, 0.717) is 0 Å². The fourth-order valence-corrected chi connectivity index (χ4v) is 5.15. The van der Waals surface area contributed by atoms with E-state index in [1.807, 2.05) is 0 Å². The molecule has 6 unspecified atom stereocenters. The minimum absolute atomic E-state index is 0.678. The molecule has 0 aromatic carbocycles. The van der Waals surface area contributed by atoms with Gasteiger partial charge in [0.25, 0.3) is 5.79 Å². The molecule has 3 fully saturated rings. The molecule has 0 aromatic heterocycles. The van der Waals surface area contributed by atoms with Crippen LogP contribution in [-0.2, 0) is 28.5 Å². The lowest BCUT2D eigenvalue weighted by Gasteiger charge is -2.50. The molecule has 16 atom stereocenters. The van der Waals surface area contributed by atoms with Crippen molar-refractivity contribution >= 4 is 5.97 Å². The van der Waals surface area contributed by atoms with E-state index in [9.17, 15) is 61.0 Å². The summed E-state index contributed by atoms with van der Waals surface area (Å²) in [6.45, 7) is 0.352. The number of hydrogen-bond acceptors (Lipinski definition) is 16. The number of ether oxygens (including phenoxy) is 5. The SMILES string of the molecule is C[C@@H]1O[C@@H](CO)[C@@H](O[C@@H]2OC(CO)[C@H](O)[C@H](OC3(C(=O)O)CC(O)[C@@H](C)[C@H]([C@H](O)[C@H](O)CO)O3)C2O)C(O)C1O. The predicted molar refractivity (Wildman–Crippen MR) is 125 cm³/mol. The molecule has 3 aliphatic rings. The smallest absolute Gasteiger partial charge is 0.364 e. The Morgan fingerprint density at radius 3 is 2.08 bits per heavy atom. The van der Waals surface area contributed by atoms with E-state index in [2.05, 4.69) is 0 Å². The van der Waals surface area contributed by atoms with Crippen LogP contribution in [0.15, 0.2) is 0 Å². The quantitative estimate of drug-likeness (QED) is 0.113. The van der Waals surface area contributed by atoms with E-state index in [1.165, 1.54) is 13.8 Å². The van der Waals surface area contributed by atoms with Crippen LogP contribution in [-0.4, -0.2) is 173 Å². The Hall–Kier alpha value is -1.13. The maximum absolute atomic E-state index is 12.4. The van der Waals surface area contributed by atoms with Gasteiger partial charge >= 0.3 is 5.97 Å². The van der Waals surface area contributed by atoms with Crippen LogP contribution in [0.1, 0.15) is 20.3 Å². The van der Waals surface area contributed by atoms with Gasteiger partial charge in [0.2, 0.25) is 0 Å². The fourth-order valence-electron chi connectivity index (χ4n) is 5.15. The number of rotatable bonds is 10. The summed E-state index contributed by atoms with van der Waals surface area (Å²) in [5.74, 6) is -5.63. The monoisotopic (exact) mass is 588 g/mol. The number of aliphatic hydroxyl groups is 10. The normalized spacial score (nSPS) is 48.0. The van der Waals surface area contributed by atoms with Crippen molar-refractivity contribution < 1.29 is 84.7 Å². The molecule has 3 aliphatic heterocycles. The van der Waals surface area contributed by atoms with Gasteiger partial charge in [-0.2, -0.15) is 0 Å². The third kappa shape index (κ3) is 6.43. The van der Waals surface area contributed by atoms with Gasteiger partial charge in [-0.15, -0.1) is 0 Å². The largest absolute Gasteiger partial charge is 0.477 e. The van der Waals surface area contributed by atoms with Crippen molar-refractivity contribution in [3.63, 3.8) is 0 Å². The molecule has 3 saturated heterocycles. The van der Waals surface area contributed by atoms with Crippen molar-refractivity contribution in [3.05, 3.63) is 0 Å². The Bertz CT molecular complexity index is 831. The summed E-state index contributed by atoms with van der Waals surface area (Å²) in [7, 11) is 0. The van der Waals surface area contributed by atoms with Gasteiger partial charge in [0.15, 0.2) is 6.29 Å².